The molecule has 5 heteroatoms. The van der Waals surface area contributed by atoms with E-state index in [0.29, 0.717) is 18.8 Å². The molecular weight excluding hydrogens is 242 g/mol. The second kappa shape index (κ2) is 6.04. The standard InChI is InChI=1S/C14H17N3O2/c1-11(12-4-2-5-13(15)10-12)14(18)19-9-8-17-7-3-6-16-17/h2-7,10-11H,8-9,15H2,1H3. The fraction of sp³-hybridized carbons (Fsp3) is 0.286. The molecule has 0 spiro atoms. The Morgan fingerprint density at radius 2 is 2.32 bits per heavy atom. The van der Waals surface area contributed by atoms with Gasteiger partial charge in [0, 0.05) is 18.1 Å². The Morgan fingerprint density at radius 3 is 3.00 bits per heavy atom. The molecule has 0 fully saturated rings. The summed E-state index contributed by atoms with van der Waals surface area (Å²) in [5, 5.41) is 4.04. The Balaban J connectivity index is 1.85. The van der Waals surface area contributed by atoms with Crippen molar-refractivity contribution in [3.63, 3.8) is 0 Å². The maximum Gasteiger partial charge on any atom is 0.313 e. The molecule has 1 unspecified atom stereocenters. The number of hydrogen-bond acceptors (Lipinski definition) is 4. The summed E-state index contributed by atoms with van der Waals surface area (Å²) in [4.78, 5) is 11.9. The molecule has 0 bridgehead atoms. The Hall–Kier alpha value is -2.30. The number of nitrogens with zero attached hydrogens (tertiary/aromatic N) is 2. The van der Waals surface area contributed by atoms with Crippen molar-refractivity contribution in [2.75, 3.05) is 12.3 Å². The van der Waals surface area contributed by atoms with Crippen molar-refractivity contribution in [3.05, 3.63) is 48.3 Å². The molecule has 0 aliphatic heterocycles. The van der Waals surface area contributed by atoms with E-state index >= 15 is 0 Å². The van der Waals surface area contributed by atoms with E-state index in [4.69, 9.17) is 10.5 Å². The van der Waals surface area contributed by atoms with Crippen molar-refractivity contribution in [3.8, 4) is 0 Å². The number of nitrogen functional groups attached to an aromatic ring is 1. The van der Waals surface area contributed by atoms with Crippen LogP contribution in [0.1, 0.15) is 18.4 Å². The van der Waals surface area contributed by atoms with Gasteiger partial charge in [0.15, 0.2) is 0 Å². The van der Waals surface area contributed by atoms with Crippen LogP contribution >= 0.6 is 0 Å². The zero-order valence-corrected chi connectivity index (χ0v) is 10.8. The van der Waals surface area contributed by atoms with E-state index in [2.05, 4.69) is 5.10 Å². The van der Waals surface area contributed by atoms with Crippen LogP contribution in [0, 0.1) is 0 Å². The monoisotopic (exact) mass is 259 g/mol. The number of esters is 1. The van der Waals surface area contributed by atoms with Crippen LogP contribution in [0.2, 0.25) is 0 Å². The molecule has 2 N–H and O–H groups in total. The fourth-order valence-electron chi connectivity index (χ4n) is 1.76. The Kier molecular flexibility index (Phi) is 4.18. The molecule has 0 saturated carbocycles. The molecule has 100 valence electrons. The van der Waals surface area contributed by atoms with Crippen LogP contribution in [0.5, 0.6) is 0 Å². The highest BCUT2D eigenvalue weighted by atomic mass is 16.5. The lowest BCUT2D eigenvalue weighted by atomic mass is 10.0. The van der Waals surface area contributed by atoms with Gasteiger partial charge in [0.25, 0.3) is 0 Å². The highest BCUT2D eigenvalue weighted by Gasteiger charge is 2.16. The van der Waals surface area contributed by atoms with Crippen LogP contribution in [0.4, 0.5) is 5.69 Å². The van der Waals surface area contributed by atoms with Gasteiger partial charge in [-0.05, 0) is 30.7 Å². The lowest BCUT2D eigenvalue weighted by molar-refractivity contribution is -0.145. The Bertz CT molecular complexity index is 537. The molecule has 1 atom stereocenters. The Morgan fingerprint density at radius 1 is 1.47 bits per heavy atom. The number of ether oxygens (including phenoxy) is 1. The number of benzene rings is 1. The van der Waals surface area contributed by atoms with Crippen LogP contribution in [-0.4, -0.2) is 22.4 Å². The first-order valence-electron chi connectivity index (χ1n) is 6.16. The number of hydrogen-bond donors (Lipinski definition) is 1. The van der Waals surface area contributed by atoms with E-state index in [1.807, 2.05) is 31.3 Å². The minimum atomic E-state index is -0.318. The molecule has 1 aromatic carbocycles. The summed E-state index contributed by atoms with van der Waals surface area (Å²) < 4.78 is 6.95. The van der Waals surface area contributed by atoms with Crippen molar-refractivity contribution in [1.82, 2.24) is 9.78 Å². The molecule has 19 heavy (non-hydrogen) atoms. The van der Waals surface area contributed by atoms with Crippen molar-refractivity contribution in [2.24, 2.45) is 0 Å². The quantitative estimate of drug-likeness (QED) is 0.656. The summed E-state index contributed by atoms with van der Waals surface area (Å²) in [5.41, 5.74) is 7.21. The SMILES string of the molecule is CC(C(=O)OCCn1cccn1)c1cccc(N)c1. The van der Waals surface area contributed by atoms with Gasteiger partial charge >= 0.3 is 5.97 Å². The molecule has 0 saturated heterocycles. The first kappa shape index (κ1) is 13.1. The summed E-state index contributed by atoms with van der Waals surface area (Å²) in [6.45, 7) is 2.68. The van der Waals surface area contributed by atoms with Crippen LogP contribution < -0.4 is 5.73 Å². The molecule has 2 aromatic rings. The van der Waals surface area contributed by atoms with Crippen molar-refractivity contribution in [1.29, 1.82) is 0 Å². The first-order chi connectivity index (χ1) is 9.16. The normalized spacial score (nSPS) is 12.1. The third kappa shape index (κ3) is 3.58. The molecule has 1 heterocycles. The van der Waals surface area contributed by atoms with Gasteiger partial charge in [0.05, 0.1) is 12.5 Å². The van der Waals surface area contributed by atoms with E-state index in [0.717, 1.165) is 5.56 Å². The number of nitrogens with two attached hydrogens (primary N) is 1. The Labute approximate surface area is 112 Å². The predicted octanol–water partition coefficient (Wildman–Crippen LogP) is 1.81. The maximum atomic E-state index is 11.9. The highest BCUT2D eigenvalue weighted by Crippen LogP contribution is 2.18. The zero-order valence-electron chi connectivity index (χ0n) is 10.8. The van der Waals surface area contributed by atoms with E-state index in [9.17, 15) is 4.79 Å². The number of rotatable bonds is 5. The van der Waals surface area contributed by atoms with E-state index in [1.165, 1.54) is 0 Å². The maximum absolute atomic E-state index is 11.9. The van der Waals surface area contributed by atoms with Gasteiger partial charge in [-0.3, -0.25) is 9.48 Å². The smallest absolute Gasteiger partial charge is 0.313 e. The summed E-state index contributed by atoms with van der Waals surface area (Å²) in [6.07, 6.45) is 3.52. The third-order valence-electron chi connectivity index (χ3n) is 2.89. The molecule has 5 nitrogen and oxygen atoms in total. The van der Waals surface area contributed by atoms with Crippen molar-refractivity contribution in [2.45, 2.75) is 19.4 Å². The van der Waals surface area contributed by atoms with Gasteiger partial charge in [-0.2, -0.15) is 5.10 Å². The van der Waals surface area contributed by atoms with Crippen LogP contribution in [-0.2, 0) is 16.1 Å². The zero-order chi connectivity index (χ0) is 13.7. The van der Waals surface area contributed by atoms with Crippen LogP contribution in [0.15, 0.2) is 42.7 Å². The fourth-order valence-corrected chi connectivity index (χ4v) is 1.76. The van der Waals surface area contributed by atoms with E-state index < -0.39 is 0 Å². The largest absolute Gasteiger partial charge is 0.463 e. The predicted molar refractivity (Wildman–Crippen MR) is 72.5 cm³/mol. The second-order valence-corrected chi connectivity index (χ2v) is 4.33. The number of carbonyl (C=O) groups is 1. The van der Waals surface area contributed by atoms with Crippen LogP contribution in [0.3, 0.4) is 0 Å². The molecule has 0 amide bonds. The lowest BCUT2D eigenvalue weighted by Crippen LogP contribution is -2.16. The topological polar surface area (TPSA) is 70.1 Å². The summed E-state index contributed by atoms with van der Waals surface area (Å²) in [6, 6.07) is 9.11. The molecule has 0 aliphatic rings. The van der Waals surface area contributed by atoms with Gasteiger partial charge in [0.1, 0.15) is 6.61 Å². The molecule has 2 rings (SSSR count). The van der Waals surface area contributed by atoms with E-state index in [-0.39, 0.29) is 11.9 Å². The van der Waals surface area contributed by atoms with Gasteiger partial charge in [-0.25, -0.2) is 0 Å². The molecule has 0 radical (unpaired) electrons. The molecule has 0 aliphatic carbocycles. The van der Waals surface area contributed by atoms with Crippen molar-refractivity contribution < 1.29 is 9.53 Å². The minimum absolute atomic E-state index is 0.252. The van der Waals surface area contributed by atoms with Crippen molar-refractivity contribution >= 4 is 11.7 Å². The summed E-state index contributed by atoms with van der Waals surface area (Å²) >= 11 is 0. The highest BCUT2D eigenvalue weighted by molar-refractivity contribution is 5.78. The van der Waals surface area contributed by atoms with Gasteiger partial charge in [-0.15, -0.1) is 0 Å². The van der Waals surface area contributed by atoms with Gasteiger partial charge in [-0.1, -0.05) is 12.1 Å². The second-order valence-electron chi connectivity index (χ2n) is 4.33. The van der Waals surface area contributed by atoms with Gasteiger partial charge < -0.3 is 10.5 Å². The van der Waals surface area contributed by atoms with E-state index in [1.54, 1.807) is 23.0 Å². The minimum Gasteiger partial charge on any atom is -0.463 e. The lowest BCUT2D eigenvalue weighted by Gasteiger charge is -2.12. The molecule has 1 aromatic heterocycles. The average Bonchev–Trinajstić information content (AvgIpc) is 2.91. The number of aromatic nitrogens is 2. The first-order valence-corrected chi connectivity index (χ1v) is 6.16. The summed E-state index contributed by atoms with van der Waals surface area (Å²) in [7, 11) is 0. The average molecular weight is 259 g/mol. The van der Waals surface area contributed by atoms with Crippen LogP contribution in [0.25, 0.3) is 0 Å². The number of carbonyl (C=O) groups excluding carboxylic acids is 1. The third-order valence-corrected chi connectivity index (χ3v) is 2.89. The number of anilines is 1. The van der Waals surface area contributed by atoms with Gasteiger partial charge in [0.2, 0.25) is 0 Å². The molecular formula is C14H17N3O2. The summed E-state index contributed by atoms with van der Waals surface area (Å²) in [5.74, 6) is -0.570.